The third-order valence-electron chi connectivity index (χ3n) is 3.65. The molecule has 1 fully saturated rings. The summed E-state index contributed by atoms with van der Waals surface area (Å²) in [5.41, 5.74) is 1.24. The molecule has 0 amide bonds. The molecule has 2 heterocycles. The van der Waals surface area contributed by atoms with Crippen LogP contribution in [0.1, 0.15) is 12.1 Å². The number of hydrogen-bond donors (Lipinski definition) is 1. The van der Waals surface area contributed by atoms with Crippen molar-refractivity contribution in [3.05, 3.63) is 18.0 Å². The fourth-order valence-corrected chi connectivity index (χ4v) is 2.29. The zero-order valence-electron chi connectivity index (χ0n) is 11.6. The van der Waals surface area contributed by atoms with Gasteiger partial charge in [0.05, 0.1) is 5.69 Å². The second-order valence-corrected chi connectivity index (χ2v) is 5.12. The Kier molecular flexibility index (Phi) is 5.16. The quantitative estimate of drug-likeness (QED) is 0.730. The molecule has 0 radical (unpaired) electrons. The van der Waals surface area contributed by atoms with Gasteiger partial charge in [0.2, 0.25) is 0 Å². The van der Waals surface area contributed by atoms with Crippen LogP contribution in [0.15, 0.2) is 12.3 Å². The van der Waals surface area contributed by atoms with Crippen LogP contribution in [0.4, 0.5) is 0 Å². The number of nitrogens with one attached hydrogen (secondary N) is 1. The highest BCUT2D eigenvalue weighted by atomic mass is 15.3. The third kappa shape index (κ3) is 4.08. The second-order valence-electron chi connectivity index (χ2n) is 5.12. The smallest absolute Gasteiger partial charge is 0.0518 e. The predicted octanol–water partition coefficient (Wildman–Crippen LogP) is 0.147. The molecule has 5 nitrogen and oxygen atoms in total. The summed E-state index contributed by atoms with van der Waals surface area (Å²) in [5, 5.41) is 7.64. The molecule has 1 aromatic heterocycles. The van der Waals surface area contributed by atoms with Gasteiger partial charge >= 0.3 is 0 Å². The van der Waals surface area contributed by atoms with E-state index in [1.165, 1.54) is 44.8 Å². The maximum absolute atomic E-state index is 4.16. The zero-order valence-corrected chi connectivity index (χ0v) is 11.6. The van der Waals surface area contributed by atoms with Crippen LogP contribution in [0.2, 0.25) is 0 Å². The molecule has 0 saturated carbocycles. The van der Waals surface area contributed by atoms with Gasteiger partial charge in [0.25, 0.3) is 0 Å². The summed E-state index contributed by atoms with van der Waals surface area (Å²) >= 11 is 0. The highest BCUT2D eigenvalue weighted by Crippen LogP contribution is 2.00. The van der Waals surface area contributed by atoms with E-state index in [2.05, 4.69) is 33.3 Å². The van der Waals surface area contributed by atoms with E-state index in [4.69, 9.17) is 0 Å². The number of aryl methyl sites for hydroxylation is 1. The lowest BCUT2D eigenvalue weighted by Gasteiger charge is -2.32. The van der Waals surface area contributed by atoms with E-state index in [1.54, 1.807) is 0 Å². The minimum Gasteiger partial charge on any atom is -0.311 e. The first kappa shape index (κ1) is 13.5. The normalized spacial score (nSPS) is 18.3. The van der Waals surface area contributed by atoms with E-state index < -0.39 is 0 Å². The maximum atomic E-state index is 4.16. The van der Waals surface area contributed by atoms with E-state index in [0.717, 1.165) is 13.1 Å². The Morgan fingerprint density at radius 3 is 2.67 bits per heavy atom. The summed E-state index contributed by atoms with van der Waals surface area (Å²) < 4.78 is 1.92. The number of nitrogens with zero attached hydrogens (tertiary/aromatic N) is 4. The third-order valence-corrected chi connectivity index (χ3v) is 3.65. The fraction of sp³-hybridized carbons (Fsp3) is 0.769. The van der Waals surface area contributed by atoms with Gasteiger partial charge in [0.1, 0.15) is 0 Å². The number of hydrogen-bond acceptors (Lipinski definition) is 4. The number of likely N-dealkylation sites (N-methyl/N-ethyl adjacent to an activating group) is 1. The lowest BCUT2D eigenvalue weighted by atomic mass is 10.3. The molecule has 1 aliphatic rings. The zero-order chi connectivity index (χ0) is 12.8. The Bertz CT molecular complexity index is 341. The molecule has 18 heavy (non-hydrogen) atoms. The summed E-state index contributed by atoms with van der Waals surface area (Å²) in [5.74, 6) is 0. The van der Waals surface area contributed by atoms with Gasteiger partial charge in [-0.2, -0.15) is 5.10 Å². The lowest BCUT2D eigenvalue weighted by molar-refractivity contribution is 0.152. The van der Waals surface area contributed by atoms with Crippen molar-refractivity contribution in [2.45, 2.75) is 13.0 Å². The molecule has 0 spiro atoms. The van der Waals surface area contributed by atoms with Gasteiger partial charge in [-0.3, -0.25) is 4.68 Å². The standard InChI is InChI=1S/C13H25N5/c1-16-8-10-18(11-9-16)7-3-5-14-12-13-4-6-15-17(13)2/h4,6,14H,3,5,7-12H2,1-2H3. The van der Waals surface area contributed by atoms with Crippen LogP contribution in [-0.4, -0.2) is 65.9 Å². The second kappa shape index (κ2) is 6.87. The van der Waals surface area contributed by atoms with Crippen molar-refractivity contribution >= 4 is 0 Å². The Morgan fingerprint density at radius 2 is 2.00 bits per heavy atom. The molecule has 1 aliphatic heterocycles. The number of rotatable bonds is 6. The molecule has 1 N–H and O–H groups in total. The molecular weight excluding hydrogens is 226 g/mol. The number of piperazine rings is 1. The fourth-order valence-electron chi connectivity index (χ4n) is 2.29. The Balaban J connectivity index is 1.53. The lowest BCUT2D eigenvalue weighted by Crippen LogP contribution is -2.45. The molecule has 1 aromatic rings. The maximum Gasteiger partial charge on any atom is 0.0518 e. The Hall–Kier alpha value is -0.910. The van der Waals surface area contributed by atoms with E-state index in [0.29, 0.717) is 0 Å². The van der Waals surface area contributed by atoms with Crippen LogP contribution < -0.4 is 5.32 Å². The Labute approximate surface area is 110 Å². The van der Waals surface area contributed by atoms with Crippen LogP contribution in [-0.2, 0) is 13.6 Å². The van der Waals surface area contributed by atoms with Crippen molar-refractivity contribution < 1.29 is 0 Å². The first-order chi connectivity index (χ1) is 8.75. The van der Waals surface area contributed by atoms with Crippen LogP contribution in [0.5, 0.6) is 0 Å². The molecule has 0 atom stereocenters. The van der Waals surface area contributed by atoms with E-state index in [1.807, 2.05) is 17.9 Å². The summed E-state index contributed by atoms with van der Waals surface area (Å²) in [6, 6.07) is 2.06. The highest BCUT2D eigenvalue weighted by molar-refractivity contribution is 4.98. The van der Waals surface area contributed by atoms with Crippen molar-refractivity contribution in [3.63, 3.8) is 0 Å². The minimum atomic E-state index is 0.916. The van der Waals surface area contributed by atoms with E-state index in [9.17, 15) is 0 Å². The largest absolute Gasteiger partial charge is 0.311 e. The van der Waals surface area contributed by atoms with Crippen molar-refractivity contribution in [2.75, 3.05) is 46.3 Å². The van der Waals surface area contributed by atoms with Gasteiger partial charge in [-0.1, -0.05) is 0 Å². The monoisotopic (exact) mass is 251 g/mol. The van der Waals surface area contributed by atoms with Crippen LogP contribution in [0.3, 0.4) is 0 Å². The first-order valence-electron chi connectivity index (χ1n) is 6.84. The van der Waals surface area contributed by atoms with Gasteiger partial charge in [-0.05, 0) is 32.6 Å². The predicted molar refractivity (Wildman–Crippen MR) is 73.5 cm³/mol. The molecule has 2 rings (SSSR count). The highest BCUT2D eigenvalue weighted by Gasteiger charge is 2.12. The molecule has 0 bridgehead atoms. The van der Waals surface area contributed by atoms with Crippen molar-refractivity contribution in [3.8, 4) is 0 Å². The van der Waals surface area contributed by atoms with Crippen molar-refractivity contribution in [1.82, 2.24) is 24.9 Å². The summed E-state index contributed by atoms with van der Waals surface area (Å²) in [6.45, 7) is 8.07. The van der Waals surface area contributed by atoms with Crippen molar-refractivity contribution in [1.29, 1.82) is 0 Å². The van der Waals surface area contributed by atoms with E-state index >= 15 is 0 Å². The number of aromatic nitrogens is 2. The molecule has 1 saturated heterocycles. The first-order valence-corrected chi connectivity index (χ1v) is 6.84. The molecule has 0 aliphatic carbocycles. The summed E-state index contributed by atoms with van der Waals surface area (Å²) in [4.78, 5) is 4.96. The van der Waals surface area contributed by atoms with E-state index in [-0.39, 0.29) is 0 Å². The topological polar surface area (TPSA) is 36.3 Å². The summed E-state index contributed by atoms with van der Waals surface area (Å²) in [7, 11) is 4.19. The Morgan fingerprint density at radius 1 is 1.22 bits per heavy atom. The average molecular weight is 251 g/mol. The van der Waals surface area contributed by atoms with Gasteiger partial charge in [0, 0.05) is 46.0 Å². The molecule has 0 unspecified atom stereocenters. The van der Waals surface area contributed by atoms with Gasteiger partial charge < -0.3 is 15.1 Å². The SMILES string of the molecule is CN1CCN(CCCNCc2ccnn2C)CC1. The van der Waals surface area contributed by atoms with Gasteiger partial charge in [-0.15, -0.1) is 0 Å². The molecule has 5 heteroatoms. The van der Waals surface area contributed by atoms with Crippen LogP contribution >= 0.6 is 0 Å². The summed E-state index contributed by atoms with van der Waals surface area (Å²) in [6.07, 6.45) is 3.07. The van der Waals surface area contributed by atoms with Crippen LogP contribution in [0, 0.1) is 0 Å². The van der Waals surface area contributed by atoms with Gasteiger partial charge in [-0.25, -0.2) is 0 Å². The van der Waals surface area contributed by atoms with Gasteiger partial charge in [0.15, 0.2) is 0 Å². The average Bonchev–Trinajstić information content (AvgIpc) is 2.77. The van der Waals surface area contributed by atoms with Crippen LogP contribution in [0.25, 0.3) is 0 Å². The van der Waals surface area contributed by atoms with Crippen molar-refractivity contribution in [2.24, 2.45) is 7.05 Å². The molecule has 0 aromatic carbocycles. The molecular formula is C13H25N5. The minimum absolute atomic E-state index is 0.916. The molecule has 102 valence electrons.